The van der Waals surface area contributed by atoms with Crippen LogP contribution in [-0.4, -0.2) is 44.9 Å². The molecular weight excluding hydrogens is 388 g/mol. The minimum Gasteiger partial charge on any atom is -0.480 e. The maximum atomic E-state index is 12.5. The number of para-hydroxylation sites is 1. The zero-order valence-electron chi connectivity index (χ0n) is 14.5. The number of benzene rings is 1. The SMILES string of the molecule is CC[C@H](Sc1nnc(NC(=O)[C@@H]2CC(=O)N(c3ccccc3)C2)s1)C(=O)O. The van der Waals surface area contributed by atoms with Gasteiger partial charge in [-0.05, 0) is 18.6 Å². The summed E-state index contributed by atoms with van der Waals surface area (Å²) in [5.74, 6) is -1.77. The van der Waals surface area contributed by atoms with Crippen LogP contribution in [-0.2, 0) is 14.4 Å². The smallest absolute Gasteiger partial charge is 0.317 e. The number of aromatic nitrogens is 2. The van der Waals surface area contributed by atoms with E-state index in [0.717, 1.165) is 28.8 Å². The van der Waals surface area contributed by atoms with Gasteiger partial charge in [0.25, 0.3) is 0 Å². The Balaban J connectivity index is 1.60. The molecule has 2 aromatic rings. The Bertz CT molecular complexity index is 842. The normalized spacial score (nSPS) is 17.7. The third kappa shape index (κ3) is 4.64. The molecule has 27 heavy (non-hydrogen) atoms. The Labute approximate surface area is 164 Å². The molecule has 8 nitrogen and oxygen atoms in total. The molecule has 2 N–H and O–H groups in total. The van der Waals surface area contributed by atoms with Crippen LogP contribution >= 0.6 is 23.1 Å². The second-order valence-corrected chi connectivity index (χ2v) is 8.38. The minimum absolute atomic E-state index is 0.0953. The van der Waals surface area contributed by atoms with Crippen molar-refractivity contribution in [2.24, 2.45) is 5.92 Å². The zero-order chi connectivity index (χ0) is 19.4. The number of nitrogens with one attached hydrogen (secondary N) is 1. The number of anilines is 2. The molecule has 1 aliphatic heterocycles. The van der Waals surface area contributed by atoms with Crippen molar-refractivity contribution in [3.05, 3.63) is 30.3 Å². The molecule has 0 aliphatic carbocycles. The van der Waals surface area contributed by atoms with Gasteiger partial charge in [0, 0.05) is 18.7 Å². The maximum absolute atomic E-state index is 12.5. The van der Waals surface area contributed by atoms with Gasteiger partial charge in [-0.1, -0.05) is 48.2 Å². The summed E-state index contributed by atoms with van der Waals surface area (Å²) < 4.78 is 0.480. The first-order valence-corrected chi connectivity index (χ1v) is 10.1. The standard InChI is InChI=1S/C17H18N4O4S2/c1-2-12(15(24)25)26-17-20-19-16(27-17)18-14(23)10-8-13(22)21(9-10)11-6-4-3-5-7-11/h3-7,10,12H,2,8-9H2,1H3,(H,24,25)(H,18,19,23)/t10-,12+/m1/s1. The number of rotatable bonds is 7. The lowest BCUT2D eigenvalue weighted by Gasteiger charge is -2.16. The van der Waals surface area contributed by atoms with Gasteiger partial charge in [-0.15, -0.1) is 10.2 Å². The Morgan fingerprint density at radius 1 is 1.37 bits per heavy atom. The second kappa shape index (κ2) is 8.49. The van der Waals surface area contributed by atoms with Gasteiger partial charge in [0.05, 0.1) is 5.92 Å². The van der Waals surface area contributed by atoms with E-state index in [2.05, 4.69) is 15.5 Å². The van der Waals surface area contributed by atoms with Crippen LogP contribution in [0.4, 0.5) is 10.8 Å². The van der Waals surface area contributed by atoms with Crippen LogP contribution in [0, 0.1) is 5.92 Å². The summed E-state index contributed by atoms with van der Waals surface area (Å²) in [6.07, 6.45) is 0.596. The highest BCUT2D eigenvalue weighted by Gasteiger charge is 2.35. The van der Waals surface area contributed by atoms with Crippen molar-refractivity contribution < 1.29 is 19.5 Å². The Kier molecular flexibility index (Phi) is 6.07. The first-order valence-electron chi connectivity index (χ1n) is 8.37. The predicted octanol–water partition coefficient (Wildman–Crippen LogP) is 2.49. The zero-order valence-corrected chi connectivity index (χ0v) is 16.1. The molecule has 0 bridgehead atoms. The number of hydrogen-bond acceptors (Lipinski definition) is 7. The van der Waals surface area contributed by atoms with Gasteiger partial charge in [-0.3, -0.25) is 14.4 Å². The molecule has 2 heterocycles. The number of carbonyl (C=O) groups excluding carboxylic acids is 2. The van der Waals surface area contributed by atoms with E-state index >= 15 is 0 Å². The molecule has 142 valence electrons. The van der Waals surface area contributed by atoms with Crippen molar-refractivity contribution in [1.29, 1.82) is 0 Å². The quantitative estimate of drug-likeness (QED) is 0.536. The fraction of sp³-hybridized carbons (Fsp3) is 0.353. The fourth-order valence-corrected chi connectivity index (χ4v) is 4.54. The molecule has 0 unspecified atom stereocenters. The maximum Gasteiger partial charge on any atom is 0.317 e. The summed E-state index contributed by atoms with van der Waals surface area (Å²) in [4.78, 5) is 37.4. The highest BCUT2D eigenvalue weighted by atomic mass is 32.2. The van der Waals surface area contributed by atoms with Gasteiger partial charge < -0.3 is 15.3 Å². The van der Waals surface area contributed by atoms with Crippen LogP contribution < -0.4 is 10.2 Å². The molecule has 10 heteroatoms. The second-order valence-electron chi connectivity index (χ2n) is 5.96. The van der Waals surface area contributed by atoms with E-state index in [9.17, 15) is 14.4 Å². The molecule has 1 aromatic heterocycles. The summed E-state index contributed by atoms with van der Waals surface area (Å²) in [6, 6.07) is 9.22. The van der Waals surface area contributed by atoms with Gasteiger partial charge in [-0.25, -0.2) is 0 Å². The number of amides is 2. The van der Waals surface area contributed by atoms with Crippen molar-refractivity contribution in [2.45, 2.75) is 29.4 Å². The summed E-state index contributed by atoms with van der Waals surface area (Å²) in [5.41, 5.74) is 0.770. The van der Waals surface area contributed by atoms with E-state index in [1.54, 1.807) is 11.8 Å². The van der Waals surface area contributed by atoms with E-state index in [1.165, 1.54) is 0 Å². The van der Waals surface area contributed by atoms with E-state index in [-0.39, 0.29) is 18.2 Å². The highest BCUT2D eigenvalue weighted by Crippen LogP contribution is 2.31. The molecule has 0 saturated carbocycles. The van der Waals surface area contributed by atoms with Crippen molar-refractivity contribution in [1.82, 2.24) is 10.2 Å². The minimum atomic E-state index is -0.909. The molecule has 1 aliphatic rings. The van der Waals surface area contributed by atoms with Crippen LogP contribution in [0.1, 0.15) is 19.8 Å². The first-order chi connectivity index (χ1) is 13.0. The van der Waals surface area contributed by atoms with Crippen LogP contribution in [0.15, 0.2) is 34.7 Å². The fourth-order valence-electron chi connectivity index (χ4n) is 2.69. The Morgan fingerprint density at radius 2 is 2.11 bits per heavy atom. The molecule has 2 amide bonds. The average molecular weight is 406 g/mol. The van der Waals surface area contributed by atoms with Crippen molar-refractivity contribution in [3.8, 4) is 0 Å². The predicted molar refractivity (Wildman–Crippen MR) is 103 cm³/mol. The largest absolute Gasteiger partial charge is 0.480 e. The van der Waals surface area contributed by atoms with E-state index in [4.69, 9.17) is 5.11 Å². The van der Waals surface area contributed by atoms with Crippen LogP contribution in [0.5, 0.6) is 0 Å². The number of aliphatic carboxylic acids is 1. The topological polar surface area (TPSA) is 112 Å². The lowest BCUT2D eigenvalue weighted by atomic mass is 10.1. The van der Waals surface area contributed by atoms with Gasteiger partial charge in [0.1, 0.15) is 5.25 Å². The number of hydrogen-bond donors (Lipinski definition) is 2. The molecule has 1 saturated heterocycles. The third-order valence-electron chi connectivity index (χ3n) is 4.09. The molecule has 1 fully saturated rings. The van der Waals surface area contributed by atoms with Gasteiger partial charge in [-0.2, -0.15) is 0 Å². The van der Waals surface area contributed by atoms with Crippen LogP contribution in [0.3, 0.4) is 0 Å². The number of carboxylic acid groups (broad SMARTS) is 1. The Hall–Kier alpha value is -2.46. The lowest BCUT2D eigenvalue weighted by molar-refractivity contribution is -0.136. The van der Waals surface area contributed by atoms with E-state index < -0.39 is 17.1 Å². The van der Waals surface area contributed by atoms with Gasteiger partial charge >= 0.3 is 5.97 Å². The lowest BCUT2D eigenvalue weighted by Crippen LogP contribution is -2.28. The molecule has 2 atom stereocenters. The number of carbonyl (C=O) groups is 3. The van der Waals surface area contributed by atoms with E-state index in [0.29, 0.717) is 22.4 Å². The van der Waals surface area contributed by atoms with E-state index in [1.807, 2.05) is 30.3 Å². The van der Waals surface area contributed by atoms with Crippen molar-refractivity contribution in [3.63, 3.8) is 0 Å². The summed E-state index contributed by atoms with van der Waals surface area (Å²) >= 11 is 2.23. The Morgan fingerprint density at radius 3 is 2.78 bits per heavy atom. The molecule has 0 spiro atoms. The summed E-state index contributed by atoms with van der Waals surface area (Å²) in [6.45, 7) is 2.09. The summed E-state index contributed by atoms with van der Waals surface area (Å²) in [7, 11) is 0. The van der Waals surface area contributed by atoms with Crippen LogP contribution in [0.25, 0.3) is 0 Å². The summed E-state index contributed by atoms with van der Waals surface area (Å²) in [5, 5.41) is 19.3. The molecular formula is C17H18N4O4S2. The molecule has 1 aromatic carbocycles. The third-order valence-corrected chi connectivity index (χ3v) is 6.36. The average Bonchev–Trinajstić information content (AvgIpc) is 3.26. The van der Waals surface area contributed by atoms with Crippen molar-refractivity contribution >= 4 is 51.7 Å². The first kappa shape index (κ1) is 19.3. The monoisotopic (exact) mass is 406 g/mol. The highest BCUT2D eigenvalue weighted by molar-refractivity contribution is 8.02. The number of nitrogens with zero attached hydrogens (tertiary/aromatic N) is 3. The van der Waals surface area contributed by atoms with Crippen LogP contribution in [0.2, 0.25) is 0 Å². The van der Waals surface area contributed by atoms with Gasteiger partial charge in [0.2, 0.25) is 16.9 Å². The number of carboxylic acids is 1. The van der Waals surface area contributed by atoms with Crippen molar-refractivity contribution in [2.75, 3.05) is 16.8 Å². The molecule has 0 radical (unpaired) electrons. The van der Waals surface area contributed by atoms with Gasteiger partial charge in [0.15, 0.2) is 4.34 Å². The number of thioether (sulfide) groups is 1. The molecule has 3 rings (SSSR count).